The van der Waals surface area contributed by atoms with E-state index >= 15 is 0 Å². The first-order chi connectivity index (χ1) is 14.7. The first kappa shape index (κ1) is 31.1. The lowest BCUT2D eigenvalue weighted by Gasteiger charge is -2.27. The molecule has 1 heterocycles. The monoisotopic (exact) mass is 441 g/mol. The second kappa shape index (κ2) is 18.6. The zero-order valence-corrected chi connectivity index (χ0v) is 20.4. The summed E-state index contributed by atoms with van der Waals surface area (Å²) in [6.45, 7) is 12.4. The number of hydrogen-bond donors (Lipinski definition) is 2. The highest BCUT2D eigenvalue weighted by atomic mass is 16.6. The Morgan fingerprint density at radius 2 is 1.58 bits per heavy atom. The summed E-state index contributed by atoms with van der Waals surface area (Å²) in [7, 11) is 1.33. The number of aliphatic hydroxyl groups excluding tert-OH is 2. The van der Waals surface area contributed by atoms with E-state index in [1.807, 2.05) is 32.0 Å². The van der Waals surface area contributed by atoms with Crippen LogP contribution in [0.2, 0.25) is 0 Å². The minimum absolute atomic E-state index is 0.195. The molecule has 1 aromatic carbocycles. The van der Waals surface area contributed by atoms with Crippen LogP contribution in [0.4, 0.5) is 4.79 Å². The predicted molar refractivity (Wildman–Crippen MR) is 124 cm³/mol. The Morgan fingerprint density at radius 1 is 1.06 bits per heavy atom. The van der Waals surface area contributed by atoms with Crippen molar-refractivity contribution < 1.29 is 29.3 Å². The van der Waals surface area contributed by atoms with Crippen LogP contribution in [0.3, 0.4) is 0 Å². The Hall–Kier alpha value is -2.12. The summed E-state index contributed by atoms with van der Waals surface area (Å²) in [5, 5.41) is 16.2. The van der Waals surface area contributed by atoms with Crippen LogP contribution >= 0.6 is 0 Å². The molecule has 2 rings (SSSR count). The smallest absolute Gasteiger partial charge is 0.411 e. The summed E-state index contributed by atoms with van der Waals surface area (Å²) >= 11 is 0. The number of amides is 1. The van der Waals surface area contributed by atoms with Gasteiger partial charge in [0.25, 0.3) is 0 Å². The van der Waals surface area contributed by atoms with Gasteiger partial charge in [-0.1, -0.05) is 49.7 Å². The van der Waals surface area contributed by atoms with E-state index in [0.717, 1.165) is 19.3 Å². The number of likely N-dealkylation sites (tertiary alicyclic amines) is 1. The molecule has 0 spiro atoms. The number of esters is 1. The van der Waals surface area contributed by atoms with E-state index in [2.05, 4.69) is 23.8 Å². The maximum absolute atomic E-state index is 11.8. The first-order valence-corrected chi connectivity index (χ1v) is 11.0. The van der Waals surface area contributed by atoms with Crippen molar-refractivity contribution in [2.45, 2.75) is 78.9 Å². The van der Waals surface area contributed by atoms with Gasteiger partial charge in [0.1, 0.15) is 11.6 Å². The zero-order chi connectivity index (χ0) is 24.3. The van der Waals surface area contributed by atoms with E-state index in [0.29, 0.717) is 13.0 Å². The van der Waals surface area contributed by atoms with Crippen LogP contribution in [0.1, 0.15) is 65.9 Å². The molecule has 1 unspecified atom stereocenters. The number of hydrogen-bond acceptors (Lipinski definition) is 6. The zero-order valence-electron chi connectivity index (χ0n) is 20.4. The Labute approximate surface area is 188 Å². The SMILES string of the molecule is CC.COC(=O)C1CCCN1C(=O)OC(C)(C)C.Cc1ccccc1.OCCCCO. The topological polar surface area (TPSA) is 96.3 Å². The van der Waals surface area contributed by atoms with Crippen molar-refractivity contribution >= 4 is 12.1 Å². The average molecular weight is 442 g/mol. The van der Waals surface area contributed by atoms with Crippen molar-refractivity contribution in [2.24, 2.45) is 0 Å². The molecule has 0 radical (unpaired) electrons. The fraction of sp³-hybridized carbons (Fsp3) is 0.667. The molecule has 1 aromatic rings. The number of rotatable bonds is 4. The van der Waals surface area contributed by atoms with Crippen LogP contribution in [0, 0.1) is 6.92 Å². The summed E-state index contributed by atoms with van der Waals surface area (Å²) < 4.78 is 9.88. The quantitative estimate of drug-likeness (QED) is 0.533. The largest absolute Gasteiger partial charge is 0.467 e. The number of methoxy groups -OCH3 is 1. The van der Waals surface area contributed by atoms with Gasteiger partial charge in [-0.15, -0.1) is 0 Å². The Morgan fingerprint density at radius 3 is 1.94 bits per heavy atom. The number of benzene rings is 1. The Bertz CT molecular complexity index is 567. The summed E-state index contributed by atoms with van der Waals surface area (Å²) in [5.74, 6) is -0.372. The van der Waals surface area contributed by atoms with E-state index in [-0.39, 0.29) is 19.2 Å². The van der Waals surface area contributed by atoms with Crippen molar-refractivity contribution in [3.8, 4) is 0 Å². The molecule has 1 aliphatic rings. The molecular weight excluding hydrogens is 398 g/mol. The number of unbranched alkanes of at least 4 members (excludes halogenated alkanes) is 1. The molecule has 0 saturated carbocycles. The number of nitrogens with zero attached hydrogens (tertiary/aromatic N) is 1. The normalized spacial score (nSPS) is 14.6. The molecule has 2 N–H and O–H groups in total. The van der Waals surface area contributed by atoms with Crippen molar-refractivity contribution in [2.75, 3.05) is 26.9 Å². The van der Waals surface area contributed by atoms with Gasteiger partial charge in [0.2, 0.25) is 0 Å². The minimum Gasteiger partial charge on any atom is -0.467 e. The lowest BCUT2D eigenvalue weighted by atomic mass is 10.2. The van der Waals surface area contributed by atoms with Gasteiger partial charge >= 0.3 is 12.1 Å². The number of aliphatic hydroxyl groups is 2. The Balaban J connectivity index is 0. The van der Waals surface area contributed by atoms with Gasteiger partial charge in [-0.3, -0.25) is 4.90 Å². The number of carbonyl (C=O) groups is 2. The van der Waals surface area contributed by atoms with Gasteiger partial charge in [0, 0.05) is 19.8 Å². The average Bonchev–Trinajstić information content (AvgIpc) is 3.24. The lowest BCUT2D eigenvalue weighted by molar-refractivity contribution is -0.145. The number of ether oxygens (including phenoxy) is 2. The molecule has 1 fully saturated rings. The van der Waals surface area contributed by atoms with Gasteiger partial charge in [-0.05, 0) is 53.4 Å². The summed E-state index contributed by atoms with van der Waals surface area (Å²) in [5.41, 5.74) is 0.780. The number of carbonyl (C=O) groups excluding carboxylic acids is 2. The van der Waals surface area contributed by atoms with Crippen molar-refractivity contribution in [3.63, 3.8) is 0 Å². The van der Waals surface area contributed by atoms with Gasteiger partial charge in [-0.2, -0.15) is 0 Å². The molecule has 0 bridgehead atoms. The predicted octanol–water partition coefficient (Wildman–Crippen LogP) is 4.33. The maximum atomic E-state index is 11.8. The van der Waals surface area contributed by atoms with Gasteiger partial charge in [-0.25, -0.2) is 9.59 Å². The highest BCUT2D eigenvalue weighted by Gasteiger charge is 2.37. The van der Waals surface area contributed by atoms with Crippen LogP contribution in [0.25, 0.3) is 0 Å². The van der Waals surface area contributed by atoms with E-state index in [4.69, 9.17) is 14.9 Å². The summed E-state index contributed by atoms with van der Waals surface area (Å²) in [6.07, 6.45) is 2.44. The van der Waals surface area contributed by atoms with E-state index < -0.39 is 17.7 Å². The molecule has 1 saturated heterocycles. The molecule has 0 aromatic heterocycles. The Kier molecular flexibility index (Phi) is 18.7. The van der Waals surface area contributed by atoms with Crippen molar-refractivity contribution in [3.05, 3.63) is 35.9 Å². The van der Waals surface area contributed by atoms with Crippen molar-refractivity contribution in [1.82, 2.24) is 4.90 Å². The van der Waals surface area contributed by atoms with E-state index in [9.17, 15) is 9.59 Å². The maximum Gasteiger partial charge on any atom is 0.411 e. The third-order valence-electron chi connectivity index (χ3n) is 3.86. The van der Waals surface area contributed by atoms with E-state index in [1.165, 1.54) is 17.6 Å². The van der Waals surface area contributed by atoms with Gasteiger partial charge < -0.3 is 19.7 Å². The first-order valence-electron chi connectivity index (χ1n) is 11.0. The van der Waals surface area contributed by atoms with Crippen LogP contribution in [0.5, 0.6) is 0 Å². The van der Waals surface area contributed by atoms with Crippen LogP contribution < -0.4 is 0 Å². The third kappa shape index (κ3) is 16.3. The molecule has 1 amide bonds. The van der Waals surface area contributed by atoms with Crippen LogP contribution in [0.15, 0.2) is 30.3 Å². The molecule has 180 valence electrons. The van der Waals surface area contributed by atoms with E-state index in [1.54, 1.807) is 20.8 Å². The van der Waals surface area contributed by atoms with Gasteiger partial charge in [0.15, 0.2) is 0 Å². The molecule has 0 aliphatic carbocycles. The molecule has 1 aliphatic heterocycles. The summed E-state index contributed by atoms with van der Waals surface area (Å²) in [4.78, 5) is 24.7. The highest BCUT2D eigenvalue weighted by molar-refractivity contribution is 5.82. The molecule has 31 heavy (non-hydrogen) atoms. The molecule has 7 nitrogen and oxygen atoms in total. The molecule has 7 heteroatoms. The standard InChI is InChI=1S/C11H19NO4.C7H8.C4H10O2.C2H6/c1-11(2,3)16-10(14)12-7-5-6-8(12)9(13)15-4;1-7-5-3-2-4-6-7;5-3-1-2-4-6;1-2/h8H,5-7H2,1-4H3;2-6H,1H3;5-6H,1-4H2;1-2H3. The van der Waals surface area contributed by atoms with Crippen LogP contribution in [-0.4, -0.2) is 65.7 Å². The second-order valence-electron chi connectivity index (χ2n) is 7.66. The molecular formula is C24H43NO6. The highest BCUT2D eigenvalue weighted by Crippen LogP contribution is 2.21. The minimum atomic E-state index is -0.541. The second-order valence-corrected chi connectivity index (χ2v) is 7.66. The lowest BCUT2D eigenvalue weighted by Crippen LogP contribution is -2.43. The van der Waals surface area contributed by atoms with Gasteiger partial charge in [0.05, 0.1) is 7.11 Å². The van der Waals surface area contributed by atoms with Crippen molar-refractivity contribution in [1.29, 1.82) is 0 Å². The fourth-order valence-corrected chi connectivity index (χ4v) is 2.44. The molecule has 1 atom stereocenters. The number of aryl methyl sites for hydroxylation is 1. The third-order valence-corrected chi connectivity index (χ3v) is 3.86. The summed E-state index contributed by atoms with van der Waals surface area (Å²) in [6, 6.07) is 9.78. The fourth-order valence-electron chi connectivity index (χ4n) is 2.44. The van der Waals surface area contributed by atoms with Crippen LogP contribution in [-0.2, 0) is 14.3 Å².